The smallest absolute Gasteiger partial charge is 0.293 e. The fraction of sp³-hybridized carbons (Fsp3) is 0.556. The molecule has 9 heteroatoms. The molecule has 0 saturated carbocycles. The van der Waals surface area contributed by atoms with Crippen molar-refractivity contribution in [3.8, 4) is 0 Å². The van der Waals surface area contributed by atoms with E-state index in [0.29, 0.717) is 32.0 Å². The molecule has 2 saturated heterocycles. The Labute approximate surface area is 157 Å². The van der Waals surface area contributed by atoms with Crippen molar-refractivity contribution >= 4 is 23.2 Å². The first-order valence-corrected chi connectivity index (χ1v) is 9.23. The highest BCUT2D eigenvalue weighted by Gasteiger charge is 2.23. The SMILES string of the molecule is O=C(NCCC(=O)N1CCCC1)c1ccc(N2CCOCC2)c([N+](=O)[O-])c1. The normalized spacial score (nSPS) is 17.0. The second kappa shape index (κ2) is 8.81. The number of morpholine rings is 1. The van der Waals surface area contributed by atoms with Gasteiger partial charge in [0.05, 0.1) is 18.1 Å². The molecule has 0 unspecified atom stereocenters. The van der Waals surface area contributed by atoms with Crippen LogP contribution in [0.1, 0.15) is 29.6 Å². The summed E-state index contributed by atoms with van der Waals surface area (Å²) in [6.45, 7) is 3.96. The first-order chi connectivity index (χ1) is 13.1. The molecular weight excluding hydrogens is 352 g/mol. The van der Waals surface area contributed by atoms with Crippen LogP contribution in [0.2, 0.25) is 0 Å². The number of nitro groups is 1. The number of nitrogens with zero attached hydrogens (tertiary/aromatic N) is 3. The number of nitro benzene ring substituents is 1. The second-order valence-electron chi connectivity index (χ2n) is 6.65. The third-order valence-electron chi connectivity index (χ3n) is 4.87. The number of nitrogens with one attached hydrogen (secondary N) is 1. The highest BCUT2D eigenvalue weighted by Crippen LogP contribution is 2.29. The summed E-state index contributed by atoms with van der Waals surface area (Å²) in [5.41, 5.74) is 0.606. The van der Waals surface area contributed by atoms with Crippen LogP contribution in [-0.4, -0.2) is 67.6 Å². The van der Waals surface area contributed by atoms with Gasteiger partial charge in [-0.3, -0.25) is 19.7 Å². The zero-order valence-electron chi connectivity index (χ0n) is 15.2. The van der Waals surface area contributed by atoms with Gasteiger partial charge in [-0.2, -0.15) is 0 Å². The molecule has 2 amide bonds. The Kier molecular flexibility index (Phi) is 6.23. The summed E-state index contributed by atoms with van der Waals surface area (Å²) < 4.78 is 5.28. The number of carbonyl (C=O) groups is 2. The predicted octanol–water partition coefficient (Wildman–Crippen LogP) is 1.17. The number of carbonyl (C=O) groups excluding carboxylic acids is 2. The molecule has 2 aliphatic heterocycles. The van der Waals surface area contributed by atoms with E-state index in [1.165, 1.54) is 6.07 Å². The van der Waals surface area contributed by atoms with E-state index in [1.54, 1.807) is 17.0 Å². The number of amides is 2. The molecule has 1 N–H and O–H groups in total. The largest absolute Gasteiger partial charge is 0.378 e. The van der Waals surface area contributed by atoms with Gasteiger partial charge in [0.2, 0.25) is 5.91 Å². The van der Waals surface area contributed by atoms with E-state index in [1.807, 2.05) is 4.90 Å². The van der Waals surface area contributed by atoms with Crippen LogP contribution in [0.15, 0.2) is 18.2 Å². The van der Waals surface area contributed by atoms with Crippen LogP contribution in [0.25, 0.3) is 0 Å². The van der Waals surface area contributed by atoms with Crippen molar-refractivity contribution in [1.29, 1.82) is 0 Å². The Hall–Kier alpha value is -2.68. The molecule has 2 aliphatic rings. The van der Waals surface area contributed by atoms with E-state index in [0.717, 1.165) is 25.9 Å². The van der Waals surface area contributed by atoms with Crippen molar-refractivity contribution in [3.05, 3.63) is 33.9 Å². The van der Waals surface area contributed by atoms with Gasteiger partial charge in [0.1, 0.15) is 5.69 Å². The van der Waals surface area contributed by atoms with Gasteiger partial charge in [-0.25, -0.2) is 0 Å². The van der Waals surface area contributed by atoms with Gasteiger partial charge < -0.3 is 19.9 Å². The average molecular weight is 376 g/mol. The Morgan fingerprint density at radius 2 is 1.85 bits per heavy atom. The Morgan fingerprint density at radius 1 is 1.15 bits per heavy atom. The molecule has 0 atom stereocenters. The van der Waals surface area contributed by atoms with Crippen molar-refractivity contribution in [2.24, 2.45) is 0 Å². The quantitative estimate of drug-likeness (QED) is 0.590. The lowest BCUT2D eigenvalue weighted by atomic mass is 10.1. The Balaban J connectivity index is 1.61. The minimum atomic E-state index is -0.474. The van der Waals surface area contributed by atoms with Crippen LogP contribution < -0.4 is 10.2 Å². The fourth-order valence-electron chi connectivity index (χ4n) is 3.39. The highest BCUT2D eigenvalue weighted by molar-refractivity contribution is 5.96. The number of hydrogen-bond donors (Lipinski definition) is 1. The molecule has 2 heterocycles. The van der Waals surface area contributed by atoms with Gasteiger partial charge in [0.25, 0.3) is 11.6 Å². The summed E-state index contributed by atoms with van der Waals surface area (Å²) in [7, 11) is 0. The molecule has 9 nitrogen and oxygen atoms in total. The number of likely N-dealkylation sites (tertiary alicyclic amines) is 1. The second-order valence-corrected chi connectivity index (χ2v) is 6.65. The first kappa shape index (κ1) is 19.1. The van der Waals surface area contributed by atoms with Crippen LogP contribution in [0.4, 0.5) is 11.4 Å². The monoisotopic (exact) mass is 376 g/mol. The van der Waals surface area contributed by atoms with Crippen LogP contribution in [0, 0.1) is 10.1 Å². The van der Waals surface area contributed by atoms with Gasteiger partial charge in [0, 0.05) is 50.8 Å². The maximum absolute atomic E-state index is 12.3. The molecule has 0 radical (unpaired) electrons. The Morgan fingerprint density at radius 3 is 2.52 bits per heavy atom. The first-order valence-electron chi connectivity index (χ1n) is 9.23. The summed E-state index contributed by atoms with van der Waals surface area (Å²) in [4.78, 5) is 39.0. The zero-order valence-corrected chi connectivity index (χ0v) is 15.2. The highest BCUT2D eigenvalue weighted by atomic mass is 16.6. The number of anilines is 1. The zero-order chi connectivity index (χ0) is 19.2. The fourth-order valence-corrected chi connectivity index (χ4v) is 3.39. The van der Waals surface area contributed by atoms with Gasteiger partial charge in [-0.1, -0.05) is 0 Å². The molecule has 27 heavy (non-hydrogen) atoms. The third kappa shape index (κ3) is 4.73. The van der Waals surface area contributed by atoms with Gasteiger partial charge in [-0.05, 0) is 25.0 Å². The Bertz CT molecular complexity index is 712. The molecular formula is C18H24N4O5. The summed E-state index contributed by atoms with van der Waals surface area (Å²) in [6.07, 6.45) is 2.29. The van der Waals surface area contributed by atoms with E-state index < -0.39 is 10.8 Å². The summed E-state index contributed by atoms with van der Waals surface area (Å²) in [5, 5.41) is 14.1. The van der Waals surface area contributed by atoms with E-state index in [4.69, 9.17) is 4.74 Å². The van der Waals surface area contributed by atoms with Crippen LogP contribution in [-0.2, 0) is 9.53 Å². The molecule has 3 rings (SSSR count). The van der Waals surface area contributed by atoms with Crippen molar-refractivity contribution < 1.29 is 19.2 Å². The van der Waals surface area contributed by atoms with E-state index in [-0.39, 0.29) is 30.1 Å². The standard InChI is InChI=1S/C18H24N4O5/c23-17(21-7-1-2-8-21)5-6-19-18(24)14-3-4-15(16(13-14)22(25)26)20-9-11-27-12-10-20/h3-4,13H,1-2,5-12H2,(H,19,24). The lowest BCUT2D eigenvalue weighted by Crippen LogP contribution is -2.36. The minimum absolute atomic E-state index is 0.0291. The van der Waals surface area contributed by atoms with Crippen molar-refractivity contribution in [2.75, 3.05) is 50.8 Å². The summed E-state index contributed by atoms with van der Waals surface area (Å²) >= 11 is 0. The lowest BCUT2D eigenvalue weighted by Gasteiger charge is -2.28. The van der Waals surface area contributed by atoms with Gasteiger partial charge in [-0.15, -0.1) is 0 Å². The van der Waals surface area contributed by atoms with E-state index >= 15 is 0 Å². The van der Waals surface area contributed by atoms with Crippen LogP contribution in [0.5, 0.6) is 0 Å². The third-order valence-corrected chi connectivity index (χ3v) is 4.87. The molecule has 1 aromatic carbocycles. The van der Waals surface area contributed by atoms with E-state index in [2.05, 4.69) is 5.32 Å². The van der Waals surface area contributed by atoms with E-state index in [9.17, 15) is 19.7 Å². The number of hydrogen-bond acceptors (Lipinski definition) is 6. The molecule has 0 spiro atoms. The van der Waals surface area contributed by atoms with Crippen molar-refractivity contribution in [1.82, 2.24) is 10.2 Å². The van der Waals surface area contributed by atoms with Gasteiger partial charge in [0.15, 0.2) is 0 Å². The van der Waals surface area contributed by atoms with Crippen LogP contribution in [0.3, 0.4) is 0 Å². The van der Waals surface area contributed by atoms with Crippen molar-refractivity contribution in [3.63, 3.8) is 0 Å². The topological polar surface area (TPSA) is 105 Å². The van der Waals surface area contributed by atoms with Crippen molar-refractivity contribution in [2.45, 2.75) is 19.3 Å². The maximum atomic E-state index is 12.3. The minimum Gasteiger partial charge on any atom is -0.378 e. The molecule has 0 bridgehead atoms. The molecule has 0 aromatic heterocycles. The number of ether oxygens (including phenoxy) is 1. The molecule has 146 valence electrons. The summed E-state index contributed by atoms with van der Waals surface area (Å²) in [5.74, 6) is -0.387. The van der Waals surface area contributed by atoms with Crippen LogP contribution >= 0.6 is 0 Å². The molecule has 0 aliphatic carbocycles. The maximum Gasteiger partial charge on any atom is 0.293 e. The molecule has 2 fully saturated rings. The lowest BCUT2D eigenvalue weighted by molar-refractivity contribution is -0.384. The number of rotatable bonds is 6. The molecule has 1 aromatic rings. The van der Waals surface area contributed by atoms with Gasteiger partial charge >= 0.3 is 0 Å². The average Bonchev–Trinajstić information content (AvgIpc) is 3.23. The summed E-state index contributed by atoms with van der Waals surface area (Å²) in [6, 6.07) is 4.48. The predicted molar refractivity (Wildman–Crippen MR) is 98.9 cm³/mol. The number of benzene rings is 1.